The number of amides is 3. The number of hydrogen-bond acceptors (Lipinski definition) is 6. The largest absolute Gasteiger partial charge is 0.330 e. The summed E-state index contributed by atoms with van der Waals surface area (Å²) in [5.74, 6) is 1.09. The molecule has 0 spiro atoms. The molecule has 4 aromatic rings. The van der Waals surface area contributed by atoms with Crippen molar-refractivity contribution in [3.63, 3.8) is 0 Å². The first kappa shape index (κ1) is 21.7. The van der Waals surface area contributed by atoms with Gasteiger partial charge < -0.3 is 4.90 Å². The molecule has 36 heavy (non-hydrogen) atoms. The van der Waals surface area contributed by atoms with Crippen molar-refractivity contribution in [1.82, 2.24) is 25.3 Å². The predicted octanol–water partition coefficient (Wildman–Crippen LogP) is 4.70. The monoisotopic (exact) mass is 477 g/mol. The number of pyridine rings is 1. The molecule has 0 bridgehead atoms. The molecule has 3 amide bonds. The van der Waals surface area contributed by atoms with Crippen LogP contribution in [0.2, 0.25) is 0 Å². The van der Waals surface area contributed by atoms with Crippen LogP contribution in [-0.2, 0) is 0 Å². The normalized spacial score (nSPS) is 16.3. The number of hydrogen-bond donors (Lipinski definition) is 2. The van der Waals surface area contributed by atoms with E-state index in [0.29, 0.717) is 29.6 Å². The highest BCUT2D eigenvalue weighted by molar-refractivity contribution is 6.02. The van der Waals surface area contributed by atoms with Crippen molar-refractivity contribution in [3.05, 3.63) is 96.3 Å². The Morgan fingerprint density at radius 2 is 1.72 bits per heavy atom. The summed E-state index contributed by atoms with van der Waals surface area (Å²) >= 11 is 0. The zero-order valence-electron chi connectivity index (χ0n) is 19.3. The van der Waals surface area contributed by atoms with Gasteiger partial charge in [-0.2, -0.15) is 0 Å². The average Bonchev–Trinajstić information content (AvgIpc) is 3.43. The summed E-state index contributed by atoms with van der Waals surface area (Å²) in [4.78, 5) is 43.7. The lowest BCUT2D eigenvalue weighted by Gasteiger charge is -2.39. The summed E-state index contributed by atoms with van der Waals surface area (Å²) in [6.45, 7) is 0.647. The summed E-state index contributed by atoms with van der Waals surface area (Å²) in [7, 11) is 0. The van der Waals surface area contributed by atoms with Gasteiger partial charge in [-0.05, 0) is 37.1 Å². The lowest BCUT2D eigenvalue weighted by atomic mass is 10.0. The van der Waals surface area contributed by atoms with Gasteiger partial charge in [-0.15, -0.1) is 0 Å². The smallest absolute Gasteiger partial charge is 0.317 e. The molecule has 9 nitrogen and oxygen atoms in total. The molecule has 1 fully saturated rings. The Morgan fingerprint density at radius 3 is 2.47 bits per heavy atom. The van der Waals surface area contributed by atoms with E-state index in [1.807, 2.05) is 65.6 Å². The molecule has 2 N–H and O–H groups in total. The Kier molecular flexibility index (Phi) is 5.49. The standard InChI is InChI=1S/C27H23N7O2/c35-26(19-11-7-15-28-17-19)32-31-24-22-21-14-8-16-33(21)27(36)34(20-12-5-2-6-13-20)25(22)30-23(29-24)18-9-3-1-4-10-18/h1-7,9-13,15,17,21H,8,14,16H2,(H,32,35)(H,29,30,31). The highest BCUT2D eigenvalue weighted by Gasteiger charge is 2.44. The van der Waals surface area contributed by atoms with Gasteiger partial charge in [-0.25, -0.2) is 19.7 Å². The van der Waals surface area contributed by atoms with Gasteiger partial charge >= 0.3 is 6.03 Å². The van der Waals surface area contributed by atoms with Crippen LogP contribution in [0.4, 0.5) is 22.1 Å². The molecule has 178 valence electrons. The van der Waals surface area contributed by atoms with Crippen molar-refractivity contribution in [1.29, 1.82) is 0 Å². The minimum absolute atomic E-state index is 0.112. The van der Waals surface area contributed by atoms with Crippen LogP contribution in [0.25, 0.3) is 11.4 Å². The second-order valence-corrected chi connectivity index (χ2v) is 8.62. The number of nitrogens with one attached hydrogen (secondary N) is 2. The third kappa shape index (κ3) is 3.80. The summed E-state index contributed by atoms with van der Waals surface area (Å²) in [6.07, 6.45) is 4.78. The van der Waals surface area contributed by atoms with E-state index in [1.54, 1.807) is 23.2 Å². The minimum atomic E-state index is -0.341. The van der Waals surface area contributed by atoms with Crippen molar-refractivity contribution in [2.45, 2.75) is 18.9 Å². The van der Waals surface area contributed by atoms with E-state index in [1.165, 1.54) is 6.20 Å². The fraction of sp³-hybridized carbons (Fsp3) is 0.148. The molecule has 2 aromatic carbocycles. The van der Waals surface area contributed by atoms with E-state index in [2.05, 4.69) is 15.8 Å². The summed E-state index contributed by atoms with van der Waals surface area (Å²) in [5.41, 5.74) is 8.50. The number of urea groups is 1. The van der Waals surface area contributed by atoms with Crippen molar-refractivity contribution < 1.29 is 9.59 Å². The van der Waals surface area contributed by atoms with Crippen LogP contribution >= 0.6 is 0 Å². The Bertz CT molecular complexity index is 1410. The molecule has 1 atom stereocenters. The van der Waals surface area contributed by atoms with Crippen LogP contribution in [0.1, 0.15) is 34.8 Å². The van der Waals surface area contributed by atoms with Gasteiger partial charge in [0.1, 0.15) is 0 Å². The molecular formula is C27H23N7O2. The predicted molar refractivity (Wildman–Crippen MR) is 135 cm³/mol. The van der Waals surface area contributed by atoms with E-state index in [4.69, 9.17) is 9.97 Å². The number of para-hydroxylation sites is 1. The zero-order valence-corrected chi connectivity index (χ0v) is 19.3. The first-order chi connectivity index (χ1) is 17.7. The molecule has 6 rings (SSSR count). The van der Waals surface area contributed by atoms with Crippen LogP contribution in [0, 0.1) is 0 Å². The Balaban J connectivity index is 1.49. The summed E-state index contributed by atoms with van der Waals surface area (Å²) < 4.78 is 0. The van der Waals surface area contributed by atoms with Gasteiger partial charge in [-0.1, -0.05) is 48.5 Å². The first-order valence-electron chi connectivity index (χ1n) is 11.8. The maximum atomic E-state index is 13.7. The number of carbonyl (C=O) groups is 2. The molecule has 1 saturated heterocycles. The zero-order chi connectivity index (χ0) is 24.5. The molecular weight excluding hydrogens is 454 g/mol. The van der Waals surface area contributed by atoms with Crippen LogP contribution in [0.3, 0.4) is 0 Å². The van der Waals surface area contributed by atoms with E-state index < -0.39 is 0 Å². The molecule has 2 aliphatic heterocycles. The minimum Gasteiger partial charge on any atom is -0.317 e. The molecule has 1 unspecified atom stereocenters. The molecule has 9 heteroatoms. The molecule has 2 aliphatic rings. The van der Waals surface area contributed by atoms with Crippen molar-refractivity contribution >= 4 is 29.3 Å². The van der Waals surface area contributed by atoms with Crippen LogP contribution in [-0.4, -0.2) is 38.3 Å². The number of carbonyl (C=O) groups excluding carboxylic acids is 2. The second-order valence-electron chi connectivity index (χ2n) is 8.62. The van der Waals surface area contributed by atoms with Crippen molar-refractivity contribution in [3.8, 4) is 11.4 Å². The van der Waals surface area contributed by atoms with Gasteiger partial charge in [0, 0.05) is 24.5 Å². The van der Waals surface area contributed by atoms with Crippen molar-refractivity contribution in [2.24, 2.45) is 0 Å². The number of fused-ring (bicyclic) bond motifs is 3. The highest BCUT2D eigenvalue weighted by atomic mass is 16.2. The molecule has 0 radical (unpaired) electrons. The lowest BCUT2D eigenvalue weighted by Crippen LogP contribution is -2.46. The highest BCUT2D eigenvalue weighted by Crippen LogP contribution is 2.47. The van der Waals surface area contributed by atoms with Gasteiger partial charge in [0.25, 0.3) is 5.91 Å². The number of rotatable bonds is 5. The van der Waals surface area contributed by atoms with E-state index in [-0.39, 0.29) is 18.0 Å². The number of nitrogens with zero attached hydrogens (tertiary/aromatic N) is 5. The first-order valence-corrected chi connectivity index (χ1v) is 11.8. The Morgan fingerprint density at radius 1 is 0.944 bits per heavy atom. The van der Waals surface area contributed by atoms with Crippen LogP contribution in [0.5, 0.6) is 0 Å². The van der Waals surface area contributed by atoms with Crippen molar-refractivity contribution in [2.75, 3.05) is 16.9 Å². The van der Waals surface area contributed by atoms with Gasteiger partial charge in [0.05, 0.1) is 22.9 Å². The number of anilines is 3. The molecule has 0 saturated carbocycles. The third-order valence-corrected chi connectivity index (χ3v) is 6.42. The maximum absolute atomic E-state index is 13.7. The Labute approximate surface area is 207 Å². The van der Waals surface area contributed by atoms with Gasteiger partial charge in [0.2, 0.25) is 0 Å². The summed E-state index contributed by atoms with van der Waals surface area (Å²) in [6, 6.07) is 22.1. The summed E-state index contributed by atoms with van der Waals surface area (Å²) in [5, 5.41) is 0. The number of aromatic nitrogens is 3. The van der Waals surface area contributed by atoms with Gasteiger partial charge in [0.15, 0.2) is 17.5 Å². The molecule has 2 aromatic heterocycles. The van der Waals surface area contributed by atoms with Crippen LogP contribution in [0.15, 0.2) is 85.2 Å². The lowest BCUT2D eigenvalue weighted by molar-refractivity contribution is 0.0962. The van der Waals surface area contributed by atoms with Crippen LogP contribution < -0.4 is 15.8 Å². The fourth-order valence-corrected chi connectivity index (χ4v) is 4.76. The van der Waals surface area contributed by atoms with E-state index >= 15 is 0 Å². The number of hydrazine groups is 1. The number of benzene rings is 2. The van der Waals surface area contributed by atoms with Gasteiger partial charge in [-0.3, -0.25) is 20.6 Å². The van der Waals surface area contributed by atoms with E-state index in [0.717, 1.165) is 29.7 Å². The van der Waals surface area contributed by atoms with E-state index in [9.17, 15) is 9.59 Å². The molecule has 0 aliphatic carbocycles. The topological polar surface area (TPSA) is 103 Å². The quantitative estimate of drug-likeness (QED) is 0.404. The third-order valence-electron chi connectivity index (χ3n) is 6.42. The average molecular weight is 478 g/mol. The maximum Gasteiger partial charge on any atom is 0.330 e. The SMILES string of the molecule is O=C(NNc1nc(-c2ccccc2)nc2c1C1CCCN1C(=O)N2c1ccccc1)c1cccnc1. The fourth-order valence-electron chi connectivity index (χ4n) is 4.76. The molecule has 4 heterocycles. The second kappa shape index (κ2) is 9.10. The Hall–Kier alpha value is -4.79.